The number of aromatic nitrogens is 1. The predicted molar refractivity (Wildman–Crippen MR) is 91.9 cm³/mol. The third-order valence-corrected chi connectivity index (χ3v) is 5.65. The molecular formula is C17H27N3O2S. The van der Waals surface area contributed by atoms with Gasteiger partial charge in [0.05, 0.1) is 11.7 Å². The second-order valence-corrected chi connectivity index (χ2v) is 8.69. The molecule has 0 aromatic carbocycles. The number of hydrogen-bond acceptors (Lipinski definition) is 5. The zero-order chi connectivity index (χ0) is 16.6. The first-order valence-corrected chi connectivity index (χ1v) is 9.36. The highest BCUT2D eigenvalue weighted by molar-refractivity contribution is 7.11. The number of fused-ring (bicyclic) bond motifs is 1. The van der Waals surface area contributed by atoms with Crippen LogP contribution in [0.1, 0.15) is 62.2 Å². The molecule has 1 aliphatic heterocycles. The van der Waals surface area contributed by atoms with Crippen LogP contribution in [-0.2, 0) is 17.6 Å². The number of nitrogens with one attached hydrogen (secondary N) is 1. The van der Waals surface area contributed by atoms with Crippen molar-refractivity contribution < 1.29 is 9.53 Å². The number of ether oxygens (including phenoxy) is 1. The molecule has 0 saturated carbocycles. The Balaban J connectivity index is 1.52. The van der Waals surface area contributed by atoms with Crippen molar-refractivity contribution >= 4 is 17.4 Å². The molecule has 2 atom stereocenters. The Hall–Kier alpha value is -1.14. The summed E-state index contributed by atoms with van der Waals surface area (Å²) in [7, 11) is 0. The molecule has 2 heterocycles. The van der Waals surface area contributed by atoms with Crippen molar-refractivity contribution in [3.8, 4) is 0 Å². The number of carbonyl (C=O) groups excluding carboxylic acids is 1. The molecule has 0 unspecified atom stereocenters. The molecule has 1 aromatic rings. The smallest absolute Gasteiger partial charge is 0.410 e. The summed E-state index contributed by atoms with van der Waals surface area (Å²) in [5.74, 6) is 0. The zero-order valence-electron chi connectivity index (χ0n) is 14.5. The maximum Gasteiger partial charge on any atom is 0.410 e. The van der Waals surface area contributed by atoms with E-state index in [9.17, 15) is 4.79 Å². The van der Waals surface area contributed by atoms with Crippen LogP contribution < -0.4 is 5.32 Å². The molecule has 23 heavy (non-hydrogen) atoms. The van der Waals surface area contributed by atoms with E-state index in [1.54, 1.807) is 4.90 Å². The molecular weight excluding hydrogens is 310 g/mol. The average Bonchev–Trinajstić information content (AvgIpc) is 3.10. The van der Waals surface area contributed by atoms with Crippen molar-refractivity contribution in [3.63, 3.8) is 0 Å². The fourth-order valence-electron chi connectivity index (χ4n) is 3.21. The van der Waals surface area contributed by atoms with Gasteiger partial charge < -0.3 is 15.0 Å². The van der Waals surface area contributed by atoms with Crippen LogP contribution >= 0.6 is 11.3 Å². The maximum atomic E-state index is 12.1. The van der Waals surface area contributed by atoms with Gasteiger partial charge in [0, 0.05) is 24.0 Å². The van der Waals surface area contributed by atoms with E-state index in [1.165, 1.54) is 28.4 Å². The van der Waals surface area contributed by atoms with Gasteiger partial charge in [-0.3, -0.25) is 0 Å². The van der Waals surface area contributed by atoms with Crippen molar-refractivity contribution in [1.82, 2.24) is 15.2 Å². The molecule has 1 fully saturated rings. The van der Waals surface area contributed by atoms with Gasteiger partial charge in [0.1, 0.15) is 10.6 Å². The summed E-state index contributed by atoms with van der Waals surface area (Å²) in [4.78, 5) is 20.2. The van der Waals surface area contributed by atoms with Gasteiger partial charge >= 0.3 is 6.09 Å². The maximum absolute atomic E-state index is 12.1. The molecule has 0 bridgehead atoms. The van der Waals surface area contributed by atoms with Crippen LogP contribution in [0.2, 0.25) is 0 Å². The molecule has 1 saturated heterocycles. The zero-order valence-corrected chi connectivity index (χ0v) is 15.3. The van der Waals surface area contributed by atoms with Gasteiger partial charge in [-0.1, -0.05) is 0 Å². The number of thiazole rings is 1. The number of aryl methyl sites for hydroxylation is 2. The largest absolute Gasteiger partial charge is 0.444 e. The van der Waals surface area contributed by atoms with Crippen LogP contribution in [0.4, 0.5) is 4.79 Å². The Bertz CT molecular complexity index is 557. The molecule has 6 heteroatoms. The van der Waals surface area contributed by atoms with E-state index in [1.807, 2.05) is 32.1 Å². The predicted octanol–water partition coefficient (Wildman–Crippen LogP) is 3.29. The van der Waals surface area contributed by atoms with Gasteiger partial charge in [0.2, 0.25) is 0 Å². The molecule has 128 valence electrons. The van der Waals surface area contributed by atoms with Gasteiger partial charge in [-0.25, -0.2) is 9.78 Å². The molecule has 2 aliphatic rings. The number of carbonyl (C=O) groups is 1. The number of rotatable bonds is 3. The minimum atomic E-state index is -0.433. The second-order valence-electron chi connectivity index (χ2n) is 7.58. The minimum Gasteiger partial charge on any atom is -0.444 e. The Labute approximate surface area is 142 Å². The van der Waals surface area contributed by atoms with E-state index in [-0.39, 0.29) is 12.1 Å². The minimum absolute atomic E-state index is 0.206. The summed E-state index contributed by atoms with van der Waals surface area (Å²) >= 11 is 1.85. The number of nitrogens with zero attached hydrogens (tertiary/aromatic N) is 2. The highest BCUT2D eigenvalue weighted by atomic mass is 32.1. The molecule has 3 rings (SSSR count). The molecule has 0 spiro atoms. The van der Waals surface area contributed by atoms with Crippen molar-refractivity contribution in [2.45, 2.75) is 71.1 Å². The summed E-state index contributed by atoms with van der Waals surface area (Å²) in [5.41, 5.74) is 0.873. The first-order valence-electron chi connectivity index (χ1n) is 8.54. The van der Waals surface area contributed by atoms with Crippen molar-refractivity contribution in [1.29, 1.82) is 0 Å². The highest BCUT2D eigenvalue weighted by Crippen LogP contribution is 2.31. The monoisotopic (exact) mass is 337 g/mol. The topological polar surface area (TPSA) is 54.5 Å². The van der Waals surface area contributed by atoms with Crippen LogP contribution in [0, 0.1) is 0 Å². The van der Waals surface area contributed by atoms with E-state index in [4.69, 9.17) is 9.72 Å². The van der Waals surface area contributed by atoms with Gasteiger partial charge in [0.15, 0.2) is 0 Å². The van der Waals surface area contributed by atoms with Crippen LogP contribution in [0.3, 0.4) is 0 Å². The lowest BCUT2D eigenvalue weighted by Gasteiger charge is -2.24. The summed E-state index contributed by atoms with van der Waals surface area (Å²) < 4.78 is 5.45. The van der Waals surface area contributed by atoms with Crippen LogP contribution in [0.5, 0.6) is 0 Å². The third kappa shape index (κ3) is 4.04. The lowest BCUT2D eigenvalue weighted by Crippen LogP contribution is -2.39. The van der Waals surface area contributed by atoms with Crippen LogP contribution in [0.15, 0.2) is 0 Å². The van der Waals surface area contributed by atoms with E-state index in [2.05, 4.69) is 12.2 Å². The Morgan fingerprint density at radius 2 is 2.22 bits per heavy atom. The lowest BCUT2D eigenvalue weighted by atomic mass is 10.2. The quantitative estimate of drug-likeness (QED) is 0.919. The van der Waals surface area contributed by atoms with E-state index in [0.29, 0.717) is 12.6 Å². The van der Waals surface area contributed by atoms with Crippen LogP contribution in [-0.4, -0.2) is 40.7 Å². The van der Waals surface area contributed by atoms with E-state index < -0.39 is 5.60 Å². The van der Waals surface area contributed by atoms with Gasteiger partial charge in [-0.05, 0) is 53.4 Å². The average molecular weight is 337 g/mol. The van der Waals surface area contributed by atoms with E-state index in [0.717, 1.165) is 19.4 Å². The molecule has 0 radical (unpaired) electrons. The molecule has 1 aliphatic carbocycles. The SMILES string of the molecule is C[C@@H](N[C@H]1CCN(C(=O)OC(C)(C)C)C1)c1nc2c(s1)CCC2. The third-order valence-electron chi connectivity index (χ3n) is 4.31. The van der Waals surface area contributed by atoms with Crippen molar-refractivity contribution in [3.05, 3.63) is 15.6 Å². The highest BCUT2D eigenvalue weighted by Gasteiger charge is 2.31. The van der Waals surface area contributed by atoms with Gasteiger partial charge in [0.25, 0.3) is 0 Å². The summed E-state index contributed by atoms with van der Waals surface area (Å²) in [6, 6.07) is 0.561. The first kappa shape index (κ1) is 16.7. The van der Waals surface area contributed by atoms with Crippen LogP contribution in [0.25, 0.3) is 0 Å². The second kappa shape index (κ2) is 6.40. The van der Waals surface area contributed by atoms with Crippen molar-refractivity contribution in [2.75, 3.05) is 13.1 Å². The summed E-state index contributed by atoms with van der Waals surface area (Å²) in [6.45, 7) is 9.35. The first-order chi connectivity index (χ1) is 10.8. The Morgan fingerprint density at radius 3 is 2.91 bits per heavy atom. The molecule has 1 N–H and O–H groups in total. The van der Waals surface area contributed by atoms with Crippen molar-refractivity contribution in [2.24, 2.45) is 0 Å². The standard InChI is InChI=1S/C17H27N3O2S/c1-11(15-19-13-6-5-7-14(13)23-15)18-12-8-9-20(10-12)16(21)22-17(2,3)4/h11-12,18H,5-10H2,1-4H3/t11-,12+/m1/s1. The number of hydrogen-bond donors (Lipinski definition) is 1. The fraction of sp³-hybridized carbons (Fsp3) is 0.765. The Morgan fingerprint density at radius 1 is 1.43 bits per heavy atom. The lowest BCUT2D eigenvalue weighted by molar-refractivity contribution is 0.0290. The molecule has 5 nitrogen and oxygen atoms in total. The van der Waals surface area contributed by atoms with Gasteiger partial charge in [-0.15, -0.1) is 11.3 Å². The van der Waals surface area contributed by atoms with E-state index >= 15 is 0 Å². The molecule has 1 aromatic heterocycles. The number of likely N-dealkylation sites (tertiary alicyclic amines) is 1. The Kier molecular flexibility index (Phi) is 4.65. The molecule has 1 amide bonds. The summed E-state index contributed by atoms with van der Waals surface area (Å²) in [5, 5.41) is 4.82. The normalized spacial score (nSPS) is 22.3. The summed E-state index contributed by atoms with van der Waals surface area (Å²) in [6.07, 6.45) is 4.34. The number of amides is 1. The fourth-order valence-corrected chi connectivity index (χ4v) is 4.37. The van der Waals surface area contributed by atoms with Gasteiger partial charge in [-0.2, -0.15) is 0 Å².